The van der Waals surface area contributed by atoms with Crippen LogP contribution in [-0.2, 0) is 12.8 Å². The number of hydrogen-bond acceptors (Lipinski definition) is 1. The van der Waals surface area contributed by atoms with Gasteiger partial charge in [-0.05, 0) is 30.5 Å². The van der Waals surface area contributed by atoms with E-state index in [2.05, 4.69) is 19.1 Å². The molecule has 0 saturated heterocycles. The van der Waals surface area contributed by atoms with Crippen LogP contribution in [0.3, 0.4) is 0 Å². The molecular weight excluding hydrogens is 177 g/mol. The van der Waals surface area contributed by atoms with Crippen LogP contribution < -0.4 is 5.73 Å². The Morgan fingerprint density at radius 1 is 1.21 bits per heavy atom. The van der Waals surface area contributed by atoms with Crippen LogP contribution in [0.25, 0.3) is 0 Å². The van der Waals surface area contributed by atoms with Gasteiger partial charge in [0.25, 0.3) is 0 Å². The van der Waals surface area contributed by atoms with Crippen LogP contribution in [0.15, 0.2) is 24.3 Å². The van der Waals surface area contributed by atoms with Crippen LogP contribution in [0.4, 0.5) is 4.39 Å². The van der Waals surface area contributed by atoms with Gasteiger partial charge in [0.2, 0.25) is 0 Å². The molecule has 0 fully saturated rings. The average molecular weight is 195 g/mol. The SMILES string of the molecule is CCc1ccc(CC(F)CCN)cc1. The summed E-state index contributed by atoms with van der Waals surface area (Å²) < 4.78 is 13.2. The zero-order valence-corrected chi connectivity index (χ0v) is 8.67. The molecule has 2 N–H and O–H groups in total. The Labute approximate surface area is 85.1 Å². The molecule has 0 heterocycles. The molecule has 0 aromatic heterocycles. The minimum Gasteiger partial charge on any atom is -0.330 e. The second-order valence-electron chi connectivity index (χ2n) is 3.55. The number of nitrogens with two attached hydrogens (primary N) is 1. The van der Waals surface area contributed by atoms with Crippen LogP contribution in [0, 0.1) is 0 Å². The predicted molar refractivity (Wildman–Crippen MR) is 58.1 cm³/mol. The number of rotatable bonds is 5. The van der Waals surface area contributed by atoms with Gasteiger partial charge in [-0.3, -0.25) is 0 Å². The van der Waals surface area contributed by atoms with E-state index in [0.717, 1.165) is 12.0 Å². The van der Waals surface area contributed by atoms with E-state index >= 15 is 0 Å². The van der Waals surface area contributed by atoms with Crippen molar-refractivity contribution >= 4 is 0 Å². The molecule has 78 valence electrons. The third-order valence-electron chi connectivity index (χ3n) is 2.37. The Morgan fingerprint density at radius 2 is 1.79 bits per heavy atom. The van der Waals surface area contributed by atoms with Gasteiger partial charge >= 0.3 is 0 Å². The van der Waals surface area contributed by atoms with E-state index in [1.54, 1.807) is 0 Å². The number of benzene rings is 1. The molecule has 1 unspecified atom stereocenters. The van der Waals surface area contributed by atoms with Gasteiger partial charge in [-0.1, -0.05) is 31.2 Å². The lowest BCUT2D eigenvalue weighted by Crippen LogP contribution is -2.11. The second kappa shape index (κ2) is 5.76. The van der Waals surface area contributed by atoms with E-state index in [9.17, 15) is 4.39 Å². The van der Waals surface area contributed by atoms with Crippen molar-refractivity contribution in [2.75, 3.05) is 6.54 Å². The highest BCUT2D eigenvalue weighted by atomic mass is 19.1. The van der Waals surface area contributed by atoms with Gasteiger partial charge in [0.15, 0.2) is 0 Å². The third kappa shape index (κ3) is 3.46. The summed E-state index contributed by atoms with van der Waals surface area (Å²) in [5.74, 6) is 0. The normalized spacial score (nSPS) is 12.8. The number of aryl methyl sites for hydroxylation is 1. The lowest BCUT2D eigenvalue weighted by atomic mass is 10.0. The zero-order valence-electron chi connectivity index (χ0n) is 8.67. The first kappa shape index (κ1) is 11.2. The summed E-state index contributed by atoms with van der Waals surface area (Å²) in [6.45, 7) is 2.54. The monoisotopic (exact) mass is 195 g/mol. The molecule has 1 atom stereocenters. The summed E-state index contributed by atoms with van der Waals surface area (Å²) in [4.78, 5) is 0. The molecule has 1 aromatic carbocycles. The molecule has 0 aliphatic rings. The highest BCUT2D eigenvalue weighted by molar-refractivity contribution is 5.22. The topological polar surface area (TPSA) is 26.0 Å². The van der Waals surface area contributed by atoms with Gasteiger partial charge < -0.3 is 5.73 Å². The smallest absolute Gasteiger partial charge is 0.105 e. The van der Waals surface area contributed by atoms with E-state index in [0.29, 0.717) is 19.4 Å². The van der Waals surface area contributed by atoms with Crippen LogP contribution in [0.1, 0.15) is 24.5 Å². The summed E-state index contributed by atoms with van der Waals surface area (Å²) in [5, 5.41) is 0. The van der Waals surface area contributed by atoms with E-state index in [1.165, 1.54) is 5.56 Å². The number of hydrogen-bond donors (Lipinski definition) is 1. The molecule has 0 spiro atoms. The Kier molecular flexibility index (Phi) is 4.60. The summed E-state index contributed by atoms with van der Waals surface area (Å²) in [6.07, 6.45) is 1.17. The standard InChI is InChI=1S/C12H18FN/c1-2-10-3-5-11(6-4-10)9-12(13)7-8-14/h3-6,12H,2,7-9,14H2,1H3. The molecule has 2 heteroatoms. The van der Waals surface area contributed by atoms with Gasteiger partial charge in [-0.15, -0.1) is 0 Å². The largest absolute Gasteiger partial charge is 0.330 e. The van der Waals surface area contributed by atoms with E-state index < -0.39 is 6.17 Å². The van der Waals surface area contributed by atoms with Crippen LogP contribution in [0.2, 0.25) is 0 Å². The number of alkyl halides is 1. The zero-order chi connectivity index (χ0) is 10.4. The molecule has 1 rings (SSSR count). The van der Waals surface area contributed by atoms with E-state index in [1.807, 2.05) is 12.1 Å². The van der Waals surface area contributed by atoms with Crippen molar-refractivity contribution in [3.05, 3.63) is 35.4 Å². The highest BCUT2D eigenvalue weighted by Crippen LogP contribution is 2.10. The fourth-order valence-electron chi connectivity index (χ4n) is 1.45. The molecule has 0 radical (unpaired) electrons. The average Bonchev–Trinajstić information content (AvgIpc) is 2.19. The fraction of sp³-hybridized carbons (Fsp3) is 0.500. The van der Waals surface area contributed by atoms with Crippen molar-refractivity contribution in [3.8, 4) is 0 Å². The van der Waals surface area contributed by atoms with Crippen molar-refractivity contribution in [3.63, 3.8) is 0 Å². The Balaban J connectivity index is 2.50. The highest BCUT2D eigenvalue weighted by Gasteiger charge is 2.05. The molecule has 1 nitrogen and oxygen atoms in total. The van der Waals surface area contributed by atoms with Crippen molar-refractivity contribution in [1.29, 1.82) is 0 Å². The minimum absolute atomic E-state index is 0.425. The lowest BCUT2D eigenvalue weighted by Gasteiger charge is -2.07. The quantitative estimate of drug-likeness (QED) is 0.767. The first-order valence-corrected chi connectivity index (χ1v) is 5.18. The second-order valence-corrected chi connectivity index (χ2v) is 3.55. The van der Waals surface area contributed by atoms with Crippen molar-refractivity contribution < 1.29 is 4.39 Å². The maximum atomic E-state index is 13.2. The summed E-state index contributed by atoms with van der Waals surface area (Å²) >= 11 is 0. The molecule has 0 aliphatic heterocycles. The molecule has 0 amide bonds. The van der Waals surface area contributed by atoms with E-state index in [-0.39, 0.29) is 0 Å². The van der Waals surface area contributed by atoms with Gasteiger partial charge in [0, 0.05) is 6.42 Å². The minimum atomic E-state index is -0.799. The Bertz CT molecular complexity index is 256. The molecule has 0 saturated carbocycles. The van der Waals surface area contributed by atoms with E-state index in [4.69, 9.17) is 5.73 Å². The predicted octanol–water partition coefficient (Wildman–Crippen LogP) is 2.48. The maximum Gasteiger partial charge on any atom is 0.105 e. The van der Waals surface area contributed by atoms with Crippen LogP contribution in [-0.4, -0.2) is 12.7 Å². The van der Waals surface area contributed by atoms with Gasteiger partial charge in [-0.25, -0.2) is 4.39 Å². The first-order chi connectivity index (χ1) is 6.76. The van der Waals surface area contributed by atoms with Crippen LogP contribution >= 0.6 is 0 Å². The van der Waals surface area contributed by atoms with Crippen LogP contribution in [0.5, 0.6) is 0 Å². The van der Waals surface area contributed by atoms with Crippen molar-refractivity contribution in [2.45, 2.75) is 32.4 Å². The molecule has 0 bridgehead atoms. The fourth-order valence-corrected chi connectivity index (χ4v) is 1.45. The maximum absolute atomic E-state index is 13.2. The van der Waals surface area contributed by atoms with Crippen molar-refractivity contribution in [2.24, 2.45) is 5.73 Å². The molecular formula is C12H18FN. The Hall–Kier alpha value is -0.890. The molecule has 0 aliphatic carbocycles. The number of halogens is 1. The first-order valence-electron chi connectivity index (χ1n) is 5.18. The molecule has 14 heavy (non-hydrogen) atoms. The molecule has 1 aromatic rings. The summed E-state index contributed by atoms with van der Waals surface area (Å²) in [7, 11) is 0. The van der Waals surface area contributed by atoms with Gasteiger partial charge in [0.1, 0.15) is 6.17 Å². The third-order valence-corrected chi connectivity index (χ3v) is 2.37. The van der Waals surface area contributed by atoms with Crippen molar-refractivity contribution in [1.82, 2.24) is 0 Å². The Morgan fingerprint density at radius 3 is 2.29 bits per heavy atom. The summed E-state index contributed by atoms with van der Waals surface area (Å²) in [6, 6.07) is 8.12. The lowest BCUT2D eigenvalue weighted by molar-refractivity contribution is 0.316. The van der Waals surface area contributed by atoms with Gasteiger partial charge in [-0.2, -0.15) is 0 Å². The van der Waals surface area contributed by atoms with Gasteiger partial charge in [0.05, 0.1) is 0 Å². The summed E-state index contributed by atoms with van der Waals surface area (Å²) in [5.41, 5.74) is 7.64.